The lowest BCUT2D eigenvalue weighted by Gasteiger charge is -2.32. The van der Waals surface area contributed by atoms with E-state index in [9.17, 15) is 24.9 Å². The van der Waals surface area contributed by atoms with E-state index in [1.807, 2.05) is 0 Å². The quantitative estimate of drug-likeness (QED) is 0.306. The third kappa shape index (κ3) is 5.81. The van der Waals surface area contributed by atoms with Crippen molar-refractivity contribution in [2.24, 2.45) is 0 Å². The van der Waals surface area contributed by atoms with Crippen molar-refractivity contribution < 1.29 is 29.6 Å². The molecule has 2 aliphatic rings. The summed E-state index contributed by atoms with van der Waals surface area (Å²) in [5, 5.41) is 34.0. The largest absolute Gasteiger partial charge is 0.468 e. The predicted molar refractivity (Wildman–Crippen MR) is 113 cm³/mol. The minimum atomic E-state index is -1.81. The van der Waals surface area contributed by atoms with Crippen molar-refractivity contribution in [2.75, 3.05) is 33.3 Å². The third-order valence-electron chi connectivity index (χ3n) is 6.14. The number of benzene rings is 1. The van der Waals surface area contributed by atoms with Crippen LogP contribution in [0.25, 0.3) is 0 Å². The molecule has 9 heteroatoms. The van der Waals surface area contributed by atoms with Crippen LogP contribution in [0.5, 0.6) is 0 Å². The number of nitrogens with one attached hydrogen (secondary N) is 1. The number of hydrogen-bond acceptors (Lipinski definition) is 8. The molecule has 31 heavy (non-hydrogen) atoms. The van der Waals surface area contributed by atoms with Gasteiger partial charge in [-0.1, -0.05) is 30.3 Å². The minimum Gasteiger partial charge on any atom is -0.468 e. The molecule has 1 aromatic rings. The number of esters is 1. The first-order chi connectivity index (χ1) is 14.9. The first kappa shape index (κ1) is 23.6. The normalized spacial score (nSPS) is 23.4. The second kappa shape index (κ2) is 11.0. The van der Waals surface area contributed by atoms with Gasteiger partial charge in [-0.15, -0.1) is 0 Å². The molecular weight excluding hydrogens is 402 g/mol. The molecule has 0 bridgehead atoms. The maximum atomic E-state index is 12.9. The molecule has 9 nitrogen and oxygen atoms in total. The molecule has 5 atom stereocenters. The molecule has 0 aromatic heterocycles. The Labute approximate surface area is 182 Å². The Hall–Kier alpha value is -2.04. The number of amides is 1. The van der Waals surface area contributed by atoms with Crippen LogP contribution >= 0.6 is 0 Å². The Kier molecular flexibility index (Phi) is 8.39. The Morgan fingerprint density at radius 1 is 1.10 bits per heavy atom. The van der Waals surface area contributed by atoms with E-state index in [-0.39, 0.29) is 6.04 Å². The standard InChI is InChI=1S/C22H33N3O6/c1-31-22(30)17(15-8-3-2-4-9-15)23-20(28)18(26)19(27)21(29)25-13-7-10-16(25)14-24-11-5-6-12-24/h2-4,8-9,16-20,23,26-28H,5-7,10-14H2,1H3/t16-,17+,18?,19+,20?/m0/s1. The highest BCUT2D eigenvalue weighted by atomic mass is 16.5. The van der Waals surface area contributed by atoms with Crippen LogP contribution in [-0.4, -0.2) is 94.8 Å². The molecule has 2 saturated heterocycles. The molecule has 1 aromatic carbocycles. The van der Waals surface area contributed by atoms with Gasteiger partial charge >= 0.3 is 5.97 Å². The number of aliphatic hydroxyl groups is 3. The van der Waals surface area contributed by atoms with Crippen LogP contribution < -0.4 is 5.32 Å². The smallest absolute Gasteiger partial charge is 0.327 e. The van der Waals surface area contributed by atoms with Gasteiger partial charge in [-0.05, 0) is 44.3 Å². The molecule has 0 spiro atoms. The minimum absolute atomic E-state index is 0.00955. The number of methoxy groups -OCH3 is 1. The summed E-state index contributed by atoms with van der Waals surface area (Å²) in [6, 6.07) is 7.49. The monoisotopic (exact) mass is 435 g/mol. The third-order valence-corrected chi connectivity index (χ3v) is 6.14. The average molecular weight is 436 g/mol. The summed E-state index contributed by atoms with van der Waals surface area (Å²) >= 11 is 0. The lowest BCUT2D eigenvalue weighted by atomic mass is 10.0. The first-order valence-electron chi connectivity index (χ1n) is 10.9. The molecule has 0 saturated carbocycles. The molecule has 0 aliphatic carbocycles. The first-order valence-corrected chi connectivity index (χ1v) is 10.9. The van der Waals surface area contributed by atoms with Gasteiger partial charge in [0.25, 0.3) is 5.91 Å². The van der Waals surface area contributed by atoms with E-state index in [0.29, 0.717) is 12.1 Å². The van der Waals surface area contributed by atoms with Gasteiger partial charge in [0.1, 0.15) is 18.4 Å². The zero-order valence-electron chi connectivity index (χ0n) is 17.9. The van der Waals surface area contributed by atoms with E-state index >= 15 is 0 Å². The van der Waals surface area contributed by atoms with E-state index in [4.69, 9.17) is 4.74 Å². The lowest BCUT2D eigenvalue weighted by Crippen LogP contribution is -2.55. The summed E-state index contributed by atoms with van der Waals surface area (Å²) in [6.07, 6.45) is -1.34. The van der Waals surface area contributed by atoms with Crippen molar-refractivity contribution in [3.63, 3.8) is 0 Å². The van der Waals surface area contributed by atoms with E-state index < -0.39 is 36.4 Å². The predicted octanol–water partition coefficient (Wildman–Crippen LogP) is -0.383. The van der Waals surface area contributed by atoms with Crippen LogP contribution in [0.1, 0.15) is 37.3 Å². The molecule has 0 radical (unpaired) electrons. The van der Waals surface area contributed by atoms with E-state index in [0.717, 1.165) is 45.3 Å². The molecule has 1 amide bonds. The number of carbonyl (C=O) groups excluding carboxylic acids is 2. The summed E-state index contributed by atoms with van der Waals surface area (Å²) in [5.74, 6) is -1.27. The number of likely N-dealkylation sites (tertiary alicyclic amines) is 2. The zero-order chi connectivity index (χ0) is 22.4. The van der Waals surface area contributed by atoms with Crippen molar-refractivity contribution in [2.45, 2.75) is 56.2 Å². The van der Waals surface area contributed by atoms with Crippen molar-refractivity contribution in [3.8, 4) is 0 Å². The van der Waals surface area contributed by atoms with E-state index in [1.54, 1.807) is 35.2 Å². The molecule has 2 fully saturated rings. The van der Waals surface area contributed by atoms with Crippen molar-refractivity contribution >= 4 is 11.9 Å². The van der Waals surface area contributed by atoms with Gasteiger partial charge in [0.05, 0.1) is 7.11 Å². The fourth-order valence-electron chi connectivity index (χ4n) is 4.40. The summed E-state index contributed by atoms with van der Waals surface area (Å²) in [6.45, 7) is 3.30. The van der Waals surface area contributed by atoms with Gasteiger partial charge in [0.15, 0.2) is 6.10 Å². The highest BCUT2D eigenvalue weighted by Crippen LogP contribution is 2.22. The van der Waals surface area contributed by atoms with E-state index in [2.05, 4.69) is 10.2 Å². The SMILES string of the molecule is COC(=O)[C@H](NC(O)C(O)[C@@H](O)C(=O)N1CCC[C@H]1CN1CCCC1)c1ccccc1. The summed E-state index contributed by atoms with van der Waals surface area (Å²) in [4.78, 5) is 29.0. The van der Waals surface area contributed by atoms with Crippen LogP contribution in [0, 0.1) is 0 Å². The van der Waals surface area contributed by atoms with Crippen LogP contribution in [0.15, 0.2) is 30.3 Å². The van der Waals surface area contributed by atoms with Crippen LogP contribution in [-0.2, 0) is 14.3 Å². The fraction of sp³-hybridized carbons (Fsp3) is 0.636. The molecule has 2 unspecified atom stereocenters. The summed E-state index contributed by atoms with van der Waals surface area (Å²) < 4.78 is 4.78. The van der Waals surface area contributed by atoms with Gasteiger partial charge in [-0.25, -0.2) is 4.79 Å². The topological polar surface area (TPSA) is 123 Å². The Morgan fingerprint density at radius 2 is 1.77 bits per heavy atom. The van der Waals surface area contributed by atoms with Crippen molar-refractivity contribution in [1.82, 2.24) is 15.1 Å². The van der Waals surface area contributed by atoms with Crippen LogP contribution in [0.4, 0.5) is 0 Å². The average Bonchev–Trinajstić information content (AvgIpc) is 3.48. The van der Waals surface area contributed by atoms with Crippen LogP contribution in [0.2, 0.25) is 0 Å². The second-order valence-electron chi connectivity index (χ2n) is 8.25. The number of ether oxygens (including phenoxy) is 1. The molecular formula is C22H33N3O6. The van der Waals surface area contributed by atoms with Gasteiger partial charge in [0.2, 0.25) is 0 Å². The highest BCUT2D eigenvalue weighted by Gasteiger charge is 2.39. The Balaban J connectivity index is 1.62. The second-order valence-corrected chi connectivity index (χ2v) is 8.25. The lowest BCUT2D eigenvalue weighted by molar-refractivity contribution is -0.156. The van der Waals surface area contributed by atoms with E-state index in [1.165, 1.54) is 7.11 Å². The fourth-order valence-corrected chi connectivity index (χ4v) is 4.40. The Bertz CT molecular complexity index is 727. The summed E-state index contributed by atoms with van der Waals surface area (Å²) in [7, 11) is 1.22. The maximum absolute atomic E-state index is 12.9. The van der Waals surface area contributed by atoms with Gasteiger partial charge in [-0.2, -0.15) is 0 Å². The molecule has 3 rings (SSSR count). The number of nitrogens with zero attached hydrogens (tertiary/aromatic N) is 2. The number of rotatable bonds is 9. The van der Waals surface area contributed by atoms with Gasteiger partial charge < -0.3 is 29.9 Å². The van der Waals surface area contributed by atoms with Crippen LogP contribution in [0.3, 0.4) is 0 Å². The maximum Gasteiger partial charge on any atom is 0.327 e. The number of carbonyl (C=O) groups is 2. The molecule has 172 valence electrons. The molecule has 4 N–H and O–H groups in total. The van der Waals surface area contributed by atoms with Gasteiger partial charge in [-0.3, -0.25) is 10.1 Å². The highest BCUT2D eigenvalue weighted by molar-refractivity contribution is 5.82. The van der Waals surface area contributed by atoms with Crippen molar-refractivity contribution in [1.29, 1.82) is 0 Å². The van der Waals surface area contributed by atoms with Crippen molar-refractivity contribution in [3.05, 3.63) is 35.9 Å². The summed E-state index contributed by atoms with van der Waals surface area (Å²) in [5.41, 5.74) is 0.520. The van der Waals surface area contributed by atoms with Gasteiger partial charge in [0, 0.05) is 19.1 Å². The zero-order valence-corrected chi connectivity index (χ0v) is 17.9. The molecule has 2 heterocycles. The molecule has 2 aliphatic heterocycles. The number of hydrogen-bond donors (Lipinski definition) is 4. The Morgan fingerprint density at radius 3 is 2.42 bits per heavy atom. The number of aliphatic hydroxyl groups excluding tert-OH is 3.